The lowest BCUT2D eigenvalue weighted by Gasteiger charge is -2.15. The van der Waals surface area contributed by atoms with Gasteiger partial charge in [0.1, 0.15) is 9.88 Å². The Hall–Kier alpha value is -1.20. The highest BCUT2D eigenvalue weighted by Gasteiger charge is 2.21. The van der Waals surface area contributed by atoms with Gasteiger partial charge in [-0.05, 0) is 29.9 Å². The fraction of sp³-hybridized carbons (Fsp3) is 0.500. The summed E-state index contributed by atoms with van der Waals surface area (Å²) in [6.45, 7) is 10.7. The van der Waals surface area contributed by atoms with Gasteiger partial charge in [-0.2, -0.15) is 0 Å². The van der Waals surface area contributed by atoms with Crippen LogP contribution in [-0.2, 0) is 11.8 Å². The molecule has 0 bridgehead atoms. The molecule has 1 N–H and O–H groups in total. The average molecular weight is 323 g/mol. The van der Waals surface area contributed by atoms with Crippen LogP contribution in [0.4, 0.5) is 0 Å². The smallest absolute Gasteiger partial charge is 0.347 e. The maximum atomic E-state index is 11.4. The number of aromatic carboxylic acids is 1. The van der Waals surface area contributed by atoms with E-state index in [2.05, 4.69) is 51.7 Å². The number of hydrogen-bond acceptors (Lipinski definition) is 4. The maximum absolute atomic E-state index is 11.4. The van der Waals surface area contributed by atoms with Crippen molar-refractivity contribution >= 4 is 28.6 Å². The van der Waals surface area contributed by atoms with Gasteiger partial charge in [0, 0.05) is 4.88 Å². The number of thiazole rings is 1. The molecule has 5 heteroatoms. The molecule has 0 saturated carbocycles. The van der Waals surface area contributed by atoms with Gasteiger partial charge in [-0.1, -0.05) is 34.6 Å². The lowest BCUT2D eigenvalue weighted by Crippen LogP contribution is -2.07. The Balaban J connectivity index is 2.40. The van der Waals surface area contributed by atoms with E-state index in [0.717, 1.165) is 9.88 Å². The lowest BCUT2D eigenvalue weighted by molar-refractivity contribution is 0.0700. The molecule has 0 saturated heterocycles. The van der Waals surface area contributed by atoms with Crippen molar-refractivity contribution in [1.82, 2.24) is 4.98 Å². The van der Waals surface area contributed by atoms with Crippen molar-refractivity contribution in [1.29, 1.82) is 0 Å². The standard InChI is InChI=1S/C16H21NO2S2/c1-9(2)8-10-13(15(18)19)21-14(17-10)11-6-7-12(20-11)16(3,4)5/h6-7,9H,8H2,1-5H3,(H,18,19). The van der Waals surface area contributed by atoms with Gasteiger partial charge < -0.3 is 5.11 Å². The summed E-state index contributed by atoms with van der Waals surface area (Å²) in [6.07, 6.45) is 0.704. The molecule has 0 amide bonds. The number of rotatable bonds is 4. The van der Waals surface area contributed by atoms with Crippen LogP contribution >= 0.6 is 22.7 Å². The van der Waals surface area contributed by atoms with Crippen LogP contribution in [0.2, 0.25) is 0 Å². The zero-order valence-electron chi connectivity index (χ0n) is 13.1. The molecule has 2 aromatic heterocycles. The monoisotopic (exact) mass is 323 g/mol. The largest absolute Gasteiger partial charge is 0.477 e. The number of carboxylic acids is 1. The number of carboxylic acid groups (broad SMARTS) is 1. The molecule has 2 aromatic rings. The van der Waals surface area contributed by atoms with Gasteiger partial charge in [0.15, 0.2) is 0 Å². The summed E-state index contributed by atoms with van der Waals surface area (Å²) in [6, 6.07) is 4.17. The second kappa shape index (κ2) is 5.89. The Bertz CT molecular complexity index is 648. The Morgan fingerprint density at radius 3 is 2.43 bits per heavy atom. The Kier molecular flexibility index (Phi) is 4.54. The maximum Gasteiger partial charge on any atom is 0.347 e. The van der Waals surface area contributed by atoms with Crippen LogP contribution in [0.15, 0.2) is 12.1 Å². The predicted molar refractivity (Wildman–Crippen MR) is 89.6 cm³/mol. The second-order valence-electron chi connectivity index (χ2n) is 6.61. The molecule has 0 aliphatic rings. The van der Waals surface area contributed by atoms with E-state index in [-0.39, 0.29) is 5.41 Å². The van der Waals surface area contributed by atoms with Crippen LogP contribution in [-0.4, -0.2) is 16.1 Å². The van der Waals surface area contributed by atoms with Crippen LogP contribution in [0.1, 0.15) is 54.9 Å². The van der Waals surface area contributed by atoms with E-state index in [1.54, 1.807) is 11.3 Å². The molecule has 114 valence electrons. The first-order chi connectivity index (χ1) is 9.68. The number of nitrogens with zero attached hydrogens (tertiary/aromatic N) is 1. The third-order valence-corrected chi connectivity index (χ3v) is 5.82. The zero-order chi connectivity index (χ0) is 15.8. The third-order valence-electron chi connectivity index (χ3n) is 3.05. The molecule has 21 heavy (non-hydrogen) atoms. The number of hydrogen-bond donors (Lipinski definition) is 1. The van der Waals surface area contributed by atoms with E-state index in [1.165, 1.54) is 16.2 Å². The van der Waals surface area contributed by atoms with E-state index < -0.39 is 5.97 Å². The molecule has 0 fully saturated rings. The fourth-order valence-corrected chi connectivity index (χ4v) is 4.06. The summed E-state index contributed by atoms with van der Waals surface area (Å²) < 4.78 is 0. The van der Waals surface area contributed by atoms with Gasteiger partial charge >= 0.3 is 5.97 Å². The van der Waals surface area contributed by atoms with E-state index >= 15 is 0 Å². The van der Waals surface area contributed by atoms with E-state index in [9.17, 15) is 9.90 Å². The van der Waals surface area contributed by atoms with Crippen molar-refractivity contribution in [2.45, 2.75) is 46.5 Å². The molecule has 0 aliphatic heterocycles. The van der Waals surface area contributed by atoms with Gasteiger partial charge in [0.25, 0.3) is 0 Å². The molecular formula is C16H21NO2S2. The quantitative estimate of drug-likeness (QED) is 0.855. The van der Waals surface area contributed by atoms with Crippen molar-refractivity contribution in [3.63, 3.8) is 0 Å². The summed E-state index contributed by atoms with van der Waals surface area (Å²) in [5.41, 5.74) is 0.819. The topological polar surface area (TPSA) is 50.2 Å². The van der Waals surface area contributed by atoms with Gasteiger partial charge in [-0.3, -0.25) is 0 Å². The first-order valence-corrected chi connectivity index (χ1v) is 8.65. The van der Waals surface area contributed by atoms with Crippen LogP contribution in [0, 0.1) is 5.92 Å². The van der Waals surface area contributed by atoms with Crippen molar-refractivity contribution in [3.8, 4) is 9.88 Å². The fourth-order valence-electron chi connectivity index (χ4n) is 2.01. The molecule has 0 unspecified atom stereocenters. The highest BCUT2D eigenvalue weighted by atomic mass is 32.1. The molecular weight excluding hydrogens is 302 g/mol. The van der Waals surface area contributed by atoms with Crippen molar-refractivity contribution in [3.05, 3.63) is 27.6 Å². The van der Waals surface area contributed by atoms with Gasteiger partial charge in [-0.25, -0.2) is 9.78 Å². The van der Waals surface area contributed by atoms with Gasteiger partial charge in [0.2, 0.25) is 0 Å². The van der Waals surface area contributed by atoms with Crippen LogP contribution in [0.25, 0.3) is 9.88 Å². The molecule has 0 radical (unpaired) electrons. The highest BCUT2D eigenvalue weighted by Crippen LogP contribution is 2.37. The first-order valence-electron chi connectivity index (χ1n) is 7.02. The number of aromatic nitrogens is 1. The molecule has 0 aromatic carbocycles. The minimum Gasteiger partial charge on any atom is -0.477 e. The van der Waals surface area contributed by atoms with Crippen molar-refractivity contribution in [2.75, 3.05) is 0 Å². The summed E-state index contributed by atoms with van der Waals surface area (Å²) in [5, 5.41) is 10.2. The summed E-state index contributed by atoms with van der Waals surface area (Å²) in [7, 11) is 0. The minimum absolute atomic E-state index is 0.108. The van der Waals surface area contributed by atoms with Crippen LogP contribution in [0.3, 0.4) is 0 Å². The summed E-state index contributed by atoms with van der Waals surface area (Å²) in [5.74, 6) is -0.478. The SMILES string of the molecule is CC(C)Cc1nc(-c2ccc(C(C)(C)C)s2)sc1C(=O)O. The molecule has 0 aliphatic carbocycles. The lowest BCUT2D eigenvalue weighted by atomic mass is 9.95. The van der Waals surface area contributed by atoms with E-state index in [0.29, 0.717) is 22.9 Å². The van der Waals surface area contributed by atoms with Gasteiger partial charge in [0.05, 0.1) is 10.6 Å². The number of carbonyl (C=O) groups is 1. The third kappa shape index (κ3) is 3.71. The highest BCUT2D eigenvalue weighted by molar-refractivity contribution is 7.22. The Labute approximate surface area is 133 Å². The van der Waals surface area contributed by atoms with Crippen molar-refractivity contribution in [2.24, 2.45) is 5.92 Å². The first kappa shape index (κ1) is 16.2. The minimum atomic E-state index is -0.873. The molecule has 2 heterocycles. The molecule has 3 nitrogen and oxygen atoms in total. The predicted octanol–water partition coefficient (Wildman–Crippen LogP) is 5.07. The molecule has 0 atom stereocenters. The van der Waals surface area contributed by atoms with Crippen LogP contribution in [0.5, 0.6) is 0 Å². The molecule has 2 rings (SSSR count). The summed E-state index contributed by atoms with van der Waals surface area (Å²) in [4.78, 5) is 18.7. The van der Waals surface area contributed by atoms with E-state index in [4.69, 9.17) is 0 Å². The van der Waals surface area contributed by atoms with Crippen molar-refractivity contribution < 1.29 is 9.90 Å². The second-order valence-corrected chi connectivity index (χ2v) is 8.69. The van der Waals surface area contributed by atoms with Gasteiger partial charge in [-0.15, -0.1) is 22.7 Å². The normalized spacial score (nSPS) is 12.1. The number of thiophene rings is 1. The Morgan fingerprint density at radius 1 is 1.29 bits per heavy atom. The zero-order valence-corrected chi connectivity index (χ0v) is 14.7. The molecule has 0 spiro atoms. The Morgan fingerprint density at radius 2 is 1.95 bits per heavy atom. The van der Waals surface area contributed by atoms with Crippen LogP contribution < -0.4 is 0 Å². The summed E-state index contributed by atoms with van der Waals surface area (Å²) >= 11 is 2.99. The van der Waals surface area contributed by atoms with E-state index in [1.807, 2.05) is 0 Å². The average Bonchev–Trinajstić information content (AvgIpc) is 2.92.